The number of rotatable bonds is 5. The minimum Gasteiger partial charge on any atom is -0.390 e. The topological polar surface area (TPSA) is 81.7 Å². The summed E-state index contributed by atoms with van der Waals surface area (Å²) in [6.07, 6.45) is 8.15. The standard InChI is InChI=1S/C28H46BrN3O3/c1-20-13-10-8-6-7-9-11-16-26(34)32(5)21(2)27(35)31-24(17-20)25(33)19-30-28(3,4)22-14-12-15-23(29)18-22/h12,14-15,18,20-21,24-25,30,33H,6-11,13,16-17,19H2,1-5H3,(H,31,35)/t20-,21+,24+,25-/m1/s1. The Bertz CT molecular complexity index is 816. The Balaban J connectivity index is 2.11. The highest BCUT2D eigenvalue weighted by atomic mass is 79.9. The number of amides is 2. The highest BCUT2D eigenvalue weighted by molar-refractivity contribution is 9.10. The molecule has 1 heterocycles. The van der Waals surface area contributed by atoms with E-state index in [0.717, 1.165) is 42.1 Å². The van der Waals surface area contributed by atoms with E-state index < -0.39 is 12.1 Å². The zero-order valence-corrected chi connectivity index (χ0v) is 23.9. The Morgan fingerprint density at radius 1 is 1.14 bits per heavy atom. The van der Waals surface area contributed by atoms with Crippen LogP contribution in [-0.2, 0) is 15.1 Å². The first kappa shape index (κ1) is 29.8. The van der Waals surface area contributed by atoms with Gasteiger partial charge in [-0.05, 0) is 57.2 Å². The smallest absolute Gasteiger partial charge is 0.242 e. The van der Waals surface area contributed by atoms with E-state index in [1.54, 1.807) is 18.9 Å². The van der Waals surface area contributed by atoms with Crippen molar-refractivity contribution >= 4 is 27.7 Å². The van der Waals surface area contributed by atoms with Crippen molar-refractivity contribution in [3.8, 4) is 0 Å². The van der Waals surface area contributed by atoms with E-state index in [2.05, 4.69) is 59.5 Å². The fourth-order valence-corrected chi connectivity index (χ4v) is 5.09. The average molecular weight is 553 g/mol. The molecule has 4 atom stereocenters. The summed E-state index contributed by atoms with van der Waals surface area (Å²) in [7, 11) is 1.70. The van der Waals surface area contributed by atoms with Crippen molar-refractivity contribution in [2.24, 2.45) is 5.92 Å². The molecule has 3 N–H and O–H groups in total. The third-order valence-electron chi connectivity index (χ3n) is 7.44. The predicted molar refractivity (Wildman–Crippen MR) is 146 cm³/mol. The molecular formula is C28H46BrN3O3. The first-order valence-corrected chi connectivity index (χ1v) is 14.1. The molecule has 6 nitrogen and oxygen atoms in total. The molecule has 35 heavy (non-hydrogen) atoms. The van der Waals surface area contributed by atoms with E-state index >= 15 is 0 Å². The lowest BCUT2D eigenvalue weighted by atomic mass is 9.91. The molecule has 1 aliphatic heterocycles. The molecule has 1 aliphatic rings. The van der Waals surface area contributed by atoms with Crippen LogP contribution in [0.2, 0.25) is 0 Å². The van der Waals surface area contributed by atoms with Crippen LogP contribution in [-0.4, -0.2) is 53.6 Å². The third-order valence-corrected chi connectivity index (χ3v) is 7.93. The highest BCUT2D eigenvalue weighted by Crippen LogP contribution is 2.24. The molecule has 1 saturated heterocycles. The summed E-state index contributed by atoms with van der Waals surface area (Å²) < 4.78 is 1.01. The molecule has 0 aromatic heterocycles. The van der Waals surface area contributed by atoms with Crippen LogP contribution in [0, 0.1) is 5.92 Å². The van der Waals surface area contributed by atoms with Crippen LogP contribution in [0.5, 0.6) is 0 Å². The fourth-order valence-electron chi connectivity index (χ4n) is 4.69. The van der Waals surface area contributed by atoms with Crippen molar-refractivity contribution < 1.29 is 14.7 Å². The number of hydrogen-bond acceptors (Lipinski definition) is 4. The van der Waals surface area contributed by atoms with Crippen molar-refractivity contribution in [1.29, 1.82) is 0 Å². The summed E-state index contributed by atoms with van der Waals surface area (Å²) in [5.41, 5.74) is 0.766. The zero-order valence-electron chi connectivity index (χ0n) is 22.3. The summed E-state index contributed by atoms with van der Waals surface area (Å²) in [6, 6.07) is 7.17. The lowest BCUT2D eigenvalue weighted by Crippen LogP contribution is -2.55. The molecule has 0 saturated carbocycles. The van der Waals surface area contributed by atoms with Crippen LogP contribution in [0.4, 0.5) is 0 Å². The van der Waals surface area contributed by atoms with E-state index in [1.807, 2.05) is 12.1 Å². The molecule has 0 radical (unpaired) electrons. The summed E-state index contributed by atoms with van der Waals surface area (Å²) in [6.45, 7) is 8.49. The van der Waals surface area contributed by atoms with Gasteiger partial charge in [-0.1, -0.05) is 73.5 Å². The third kappa shape index (κ3) is 9.85. The lowest BCUT2D eigenvalue weighted by molar-refractivity contribution is -0.139. The van der Waals surface area contributed by atoms with Gasteiger partial charge in [-0.25, -0.2) is 0 Å². The number of carbonyl (C=O) groups is 2. The molecule has 7 heteroatoms. The van der Waals surface area contributed by atoms with Crippen molar-refractivity contribution in [3.05, 3.63) is 34.3 Å². The number of carbonyl (C=O) groups excluding carboxylic acids is 2. The van der Waals surface area contributed by atoms with Gasteiger partial charge in [0, 0.05) is 30.0 Å². The van der Waals surface area contributed by atoms with E-state index in [9.17, 15) is 14.7 Å². The fraction of sp³-hybridized carbons (Fsp3) is 0.714. The Morgan fingerprint density at radius 3 is 2.49 bits per heavy atom. The molecule has 1 fully saturated rings. The first-order chi connectivity index (χ1) is 16.5. The van der Waals surface area contributed by atoms with Crippen LogP contribution in [0.15, 0.2) is 28.7 Å². The van der Waals surface area contributed by atoms with Gasteiger partial charge in [0.25, 0.3) is 0 Å². The summed E-state index contributed by atoms with van der Waals surface area (Å²) in [5, 5.41) is 17.8. The normalized spacial score (nSPS) is 25.2. The van der Waals surface area contributed by atoms with Gasteiger partial charge < -0.3 is 20.6 Å². The maximum Gasteiger partial charge on any atom is 0.242 e. The van der Waals surface area contributed by atoms with Gasteiger partial charge in [0.2, 0.25) is 11.8 Å². The molecule has 0 unspecified atom stereocenters. The zero-order chi connectivity index (χ0) is 26.0. The van der Waals surface area contributed by atoms with Gasteiger partial charge in [-0.3, -0.25) is 9.59 Å². The van der Waals surface area contributed by atoms with Gasteiger partial charge in [0.1, 0.15) is 6.04 Å². The lowest BCUT2D eigenvalue weighted by Gasteiger charge is -2.33. The van der Waals surface area contributed by atoms with Crippen LogP contribution in [0.25, 0.3) is 0 Å². The molecule has 0 bridgehead atoms. The van der Waals surface area contributed by atoms with Crippen molar-refractivity contribution in [2.45, 2.75) is 109 Å². The maximum atomic E-state index is 13.1. The monoisotopic (exact) mass is 551 g/mol. The number of aliphatic hydroxyl groups is 1. The minimum absolute atomic E-state index is 0.00245. The van der Waals surface area contributed by atoms with Crippen LogP contribution < -0.4 is 10.6 Å². The number of benzene rings is 1. The number of aliphatic hydroxyl groups excluding tert-OH is 1. The van der Waals surface area contributed by atoms with E-state index in [4.69, 9.17) is 0 Å². The molecule has 2 amide bonds. The van der Waals surface area contributed by atoms with Crippen LogP contribution >= 0.6 is 15.9 Å². The van der Waals surface area contributed by atoms with Crippen molar-refractivity contribution in [1.82, 2.24) is 15.5 Å². The Labute approximate surface area is 220 Å². The number of hydrogen-bond donors (Lipinski definition) is 3. The number of halogens is 1. The predicted octanol–water partition coefficient (Wildman–Crippen LogP) is 5.13. The second-order valence-electron chi connectivity index (χ2n) is 10.9. The van der Waals surface area contributed by atoms with Gasteiger partial charge >= 0.3 is 0 Å². The Hall–Kier alpha value is -1.44. The van der Waals surface area contributed by atoms with Crippen molar-refractivity contribution in [3.63, 3.8) is 0 Å². The molecule has 1 aromatic rings. The maximum absolute atomic E-state index is 13.1. The minimum atomic E-state index is -0.750. The highest BCUT2D eigenvalue weighted by Gasteiger charge is 2.30. The SMILES string of the molecule is C[C@@H]1CCCCCCCCC(=O)N(C)[C@@H](C)C(=O)N[C@H]([C@H](O)CNC(C)(C)c2cccc(Br)c2)C1. The molecular weight excluding hydrogens is 506 g/mol. The van der Waals surface area contributed by atoms with Crippen LogP contribution in [0.3, 0.4) is 0 Å². The largest absolute Gasteiger partial charge is 0.390 e. The molecule has 0 spiro atoms. The summed E-state index contributed by atoms with van der Waals surface area (Å²) >= 11 is 3.53. The average Bonchev–Trinajstić information content (AvgIpc) is 2.82. The van der Waals surface area contributed by atoms with E-state index in [-0.39, 0.29) is 23.4 Å². The quantitative estimate of drug-likeness (QED) is 0.473. The molecule has 0 aliphatic carbocycles. The molecule has 1 aromatic carbocycles. The Morgan fingerprint density at radius 2 is 1.80 bits per heavy atom. The van der Waals surface area contributed by atoms with Crippen LogP contribution in [0.1, 0.15) is 91.0 Å². The molecule has 2 rings (SSSR count). The van der Waals surface area contributed by atoms with Gasteiger partial charge in [0.05, 0.1) is 12.1 Å². The van der Waals surface area contributed by atoms with Gasteiger partial charge in [0.15, 0.2) is 0 Å². The van der Waals surface area contributed by atoms with Crippen molar-refractivity contribution in [2.75, 3.05) is 13.6 Å². The summed E-state index contributed by atoms with van der Waals surface area (Å²) in [4.78, 5) is 27.2. The Kier molecular flexibility index (Phi) is 12.2. The molecule has 198 valence electrons. The first-order valence-electron chi connectivity index (χ1n) is 13.3. The second-order valence-corrected chi connectivity index (χ2v) is 11.8. The van der Waals surface area contributed by atoms with Gasteiger partial charge in [-0.2, -0.15) is 0 Å². The second kappa shape index (κ2) is 14.3. The summed E-state index contributed by atoms with van der Waals surface area (Å²) in [5.74, 6) is 0.175. The van der Waals surface area contributed by atoms with E-state index in [1.165, 1.54) is 12.8 Å². The number of nitrogens with one attached hydrogen (secondary N) is 2. The van der Waals surface area contributed by atoms with E-state index in [0.29, 0.717) is 25.3 Å². The van der Waals surface area contributed by atoms with Gasteiger partial charge in [-0.15, -0.1) is 0 Å². The number of nitrogens with zero attached hydrogens (tertiary/aromatic N) is 1. The number of likely N-dealkylation sites (N-methyl/N-ethyl adjacent to an activating group) is 1.